The average Bonchev–Trinajstić information content (AvgIpc) is 2.85. The molecule has 0 fully saturated rings. The first-order valence-corrected chi connectivity index (χ1v) is 7.39. The van der Waals surface area contributed by atoms with Gasteiger partial charge in [-0.25, -0.2) is 0 Å². The number of hydrogen-bond donors (Lipinski definition) is 1. The van der Waals surface area contributed by atoms with Crippen LogP contribution in [0, 0.1) is 4.91 Å². The number of alkyl halides is 3. The van der Waals surface area contributed by atoms with Crippen molar-refractivity contribution in [3.63, 3.8) is 0 Å². The van der Waals surface area contributed by atoms with E-state index in [4.69, 9.17) is 4.74 Å². The lowest BCUT2D eigenvalue weighted by Gasteiger charge is -2.10. The van der Waals surface area contributed by atoms with E-state index < -0.39 is 18.0 Å². The second-order valence-corrected chi connectivity index (χ2v) is 5.42. The zero-order chi connectivity index (χ0) is 18.9. The van der Waals surface area contributed by atoms with E-state index in [2.05, 4.69) is 9.91 Å². The summed E-state index contributed by atoms with van der Waals surface area (Å²) in [6, 6.07) is 10.4. The lowest BCUT2D eigenvalue weighted by molar-refractivity contribution is -0.274. The molecule has 136 valence electrons. The summed E-state index contributed by atoms with van der Waals surface area (Å²) in [5.74, 6) is -0.286. The van der Waals surface area contributed by atoms with Crippen LogP contribution in [-0.4, -0.2) is 23.1 Å². The molecular formula is C17H13F3N2O4. The monoisotopic (exact) mass is 366 g/mol. The van der Waals surface area contributed by atoms with Crippen molar-refractivity contribution in [3.05, 3.63) is 52.9 Å². The Morgan fingerprint density at radius 3 is 2.35 bits per heavy atom. The third-order valence-corrected chi connectivity index (χ3v) is 3.81. The summed E-state index contributed by atoms with van der Waals surface area (Å²) < 4.78 is 47.5. The minimum atomic E-state index is -4.86. The number of aromatic hydroxyl groups is 1. The van der Waals surface area contributed by atoms with Crippen LogP contribution in [0.4, 0.5) is 18.9 Å². The zero-order valence-electron chi connectivity index (χ0n) is 13.4. The minimum absolute atomic E-state index is 0.0627. The number of fused-ring (bicyclic) bond motifs is 1. The number of aromatic nitrogens is 1. The Morgan fingerprint density at radius 1 is 1.12 bits per heavy atom. The number of rotatable bonds is 5. The fourth-order valence-corrected chi connectivity index (χ4v) is 2.66. The molecule has 3 rings (SSSR count). The highest BCUT2D eigenvalue weighted by Crippen LogP contribution is 2.41. The SMILES string of the molecule is COc1ccc(Cn2c(O)c(N=O)c3cc(OC(F)(F)F)ccc32)cc1. The van der Waals surface area contributed by atoms with Crippen LogP contribution in [0.2, 0.25) is 0 Å². The third kappa shape index (κ3) is 3.41. The highest BCUT2D eigenvalue weighted by atomic mass is 19.4. The summed E-state index contributed by atoms with van der Waals surface area (Å²) in [6.45, 7) is 0.182. The molecule has 0 amide bonds. The molecule has 0 unspecified atom stereocenters. The number of methoxy groups -OCH3 is 1. The van der Waals surface area contributed by atoms with Crippen LogP contribution < -0.4 is 9.47 Å². The van der Waals surface area contributed by atoms with Gasteiger partial charge in [0, 0.05) is 5.39 Å². The van der Waals surface area contributed by atoms with Crippen LogP contribution in [0.5, 0.6) is 17.4 Å². The Kier molecular flexibility index (Phi) is 4.45. The molecule has 2 aromatic carbocycles. The highest BCUT2D eigenvalue weighted by molar-refractivity contribution is 5.96. The van der Waals surface area contributed by atoms with E-state index in [0.29, 0.717) is 11.3 Å². The van der Waals surface area contributed by atoms with Crippen molar-refractivity contribution in [1.29, 1.82) is 0 Å². The van der Waals surface area contributed by atoms with Crippen LogP contribution in [0.3, 0.4) is 0 Å². The largest absolute Gasteiger partial charge is 0.573 e. The van der Waals surface area contributed by atoms with Crippen molar-refractivity contribution in [2.45, 2.75) is 12.9 Å². The lowest BCUT2D eigenvalue weighted by atomic mass is 10.2. The van der Waals surface area contributed by atoms with Crippen LogP contribution in [-0.2, 0) is 6.54 Å². The molecule has 0 spiro atoms. The molecule has 6 nitrogen and oxygen atoms in total. The molecule has 0 bridgehead atoms. The quantitative estimate of drug-likeness (QED) is 0.664. The Labute approximate surface area is 145 Å². The molecule has 1 heterocycles. The van der Waals surface area contributed by atoms with Crippen molar-refractivity contribution in [2.75, 3.05) is 7.11 Å². The summed E-state index contributed by atoms with van der Waals surface area (Å²) in [7, 11) is 1.53. The van der Waals surface area contributed by atoms with Gasteiger partial charge in [-0.2, -0.15) is 0 Å². The summed E-state index contributed by atoms with van der Waals surface area (Å²) in [5.41, 5.74) is 0.787. The van der Waals surface area contributed by atoms with Gasteiger partial charge in [0.05, 0.1) is 19.2 Å². The van der Waals surface area contributed by atoms with Gasteiger partial charge >= 0.3 is 6.36 Å². The Balaban J connectivity index is 2.04. The summed E-state index contributed by atoms with van der Waals surface area (Å²) in [6.07, 6.45) is -4.86. The summed E-state index contributed by atoms with van der Waals surface area (Å²) >= 11 is 0. The number of ether oxygens (including phenoxy) is 2. The van der Waals surface area contributed by atoms with Gasteiger partial charge in [-0.3, -0.25) is 0 Å². The molecule has 9 heteroatoms. The molecule has 0 radical (unpaired) electrons. The maximum Gasteiger partial charge on any atom is 0.573 e. The standard InChI is InChI=1S/C17H13F3N2O4/c1-25-11-4-2-10(3-5-11)9-22-14-7-6-12(26-17(18,19)20)8-13(14)15(21-24)16(22)23/h2-8,23H,9H2,1H3. The van der Waals surface area contributed by atoms with Crippen molar-refractivity contribution in [2.24, 2.45) is 5.18 Å². The number of nitrogens with zero attached hydrogens (tertiary/aromatic N) is 2. The fourth-order valence-electron chi connectivity index (χ4n) is 2.66. The fraction of sp³-hybridized carbons (Fsp3) is 0.176. The molecule has 0 aliphatic heterocycles. The first-order chi connectivity index (χ1) is 12.3. The van der Waals surface area contributed by atoms with Gasteiger partial charge in [-0.05, 0) is 41.1 Å². The number of halogens is 3. The van der Waals surface area contributed by atoms with Crippen LogP contribution >= 0.6 is 0 Å². The Bertz CT molecular complexity index is 949. The van der Waals surface area contributed by atoms with Gasteiger partial charge < -0.3 is 19.1 Å². The molecule has 1 N–H and O–H groups in total. The molecule has 0 aliphatic rings. The van der Waals surface area contributed by atoms with E-state index in [1.807, 2.05) is 0 Å². The van der Waals surface area contributed by atoms with Crippen LogP contribution in [0.25, 0.3) is 10.9 Å². The topological polar surface area (TPSA) is 73.0 Å². The Hall–Kier alpha value is -3.23. The lowest BCUT2D eigenvalue weighted by Crippen LogP contribution is -2.17. The van der Waals surface area contributed by atoms with Gasteiger partial charge in [-0.1, -0.05) is 12.1 Å². The normalized spacial score (nSPS) is 11.5. The van der Waals surface area contributed by atoms with E-state index >= 15 is 0 Å². The summed E-state index contributed by atoms with van der Waals surface area (Å²) in [5, 5.41) is 13.1. The summed E-state index contributed by atoms with van der Waals surface area (Å²) in [4.78, 5) is 11.1. The van der Waals surface area contributed by atoms with E-state index in [1.165, 1.54) is 17.7 Å². The van der Waals surface area contributed by atoms with Gasteiger partial charge in [0.25, 0.3) is 0 Å². The van der Waals surface area contributed by atoms with Gasteiger partial charge in [0.15, 0.2) is 5.69 Å². The maximum atomic E-state index is 12.4. The minimum Gasteiger partial charge on any atom is -0.497 e. The smallest absolute Gasteiger partial charge is 0.497 e. The van der Waals surface area contributed by atoms with Crippen molar-refractivity contribution < 1.29 is 27.8 Å². The second-order valence-electron chi connectivity index (χ2n) is 5.42. The predicted molar refractivity (Wildman–Crippen MR) is 87.8 cm³/mol. The van der Waals surface area contributed by atoms with Gasteiger partial charge in [0.1, 0.15) is 11.5 Å². The average molecular weight is 366 g/mol. The number of nitroso groups, excluding NO2 is 1. The van der Waals surface area contributed by atoms with Gasteiger partial charge in [0.2, 0.25) is 5.88 Å². The van der Waals surface area contributed by atoms with Crippen molar-refractivity contribution in [3.8, 4) is 17.4 Å². The number of benzene rings is 2. The highest BCUT2D eigenvalue weighted by Gasteiger charge is 2.31. The molecule has 0 saturated carbocycles. The van der Waals surface area contributed by atoms with E-state index in [0.717, 1.165) is 17.7 Å². The van der Waals surface area contributed by atoms with E-state index in [-0.39, 0.29) is 17.6 Å². The molecule has 0 aliphatic carbocycles. The zero-order valence-corrected chi connectivity index (χ0v) is 13.4. The number of hydrogen-bond acceptors (Lipinski definition) is 5. The van der Waals surface area contributed by atoms with E-state index in [9.17, 15) is 23.2 Å². The molecule has 0 atom stereocenters. The second kappa shape index (κ2) is 6.58. The molecular weight excluding hydrogens is 353 g/mol. The van der Waals surface area contributed by atoms with Crippen molar-refractivity contribution in [1.82, 2.24) is 4.57 Å². The third-order valence-electron chi connectivity index (χ3n) is 3.81. The first kappa shape index (κ1) is 17.6. The van der Waals surface area contributed by atoms with Crippen molar-refractivity contribution >= 4 is 16.6 Å². The van der Waals surface area contributed by atoms with Crippen LogP contribution in [0.1, 0.15) is 5.56 Å². The molecule has 0 saturated heterocycles. The van der Waals surface area contributed by atoms with Gasteiger partial charge in [-0.15, -0.1) is 18.1 Å². The maximum absolute atomic E-state index is 12.4. The Morgan fingerprint density at radius 2 is 1.77 bits per heavy atom. The molecule has 26 heavy (non-hydrogen) atoms. The van der Waals surface area contributed by atoms with Crippen LogP contribution in [0.15, 0.2) is 47.6 Å². The molecule has 3 aromatic rings. The predicted octanol–water partition coefficient (Wildman–Crippen LogP) is 4.70. The van der Waals surface area contributed by atoms with E-state index in [1.54, 1.807) is 24.3 Å². The first-order valence-electron chi connectivity index (χ1n) is 7.39. The molecule has 1 aromatic heterocycles.